The lowest BCUT2D eigenvalue weighted by molar-refractivity contribution is -0.384. The predicted octanol–water partition coefficient (Wildman–Crippen LogP) is 1.67. The number of nitrogens with zero attached hydrogens (tertiary/aromatic N) is 2. The fraction of sp³-hybridized carbons (Fsp3) is 0.417. The largest absolute Gasteiger partial charge is 0.377 e. The predicted molar refractivity (Wildman–Crippen MR) is 69.5 cm³/mol. The average molecular weight is 285 g/mol. The lowest BCUT2D eigenvalue weighted by Gasteiger charge is -2.34. The molecule has 7 heteroatoms. The average Bonchev–Trinajstić information content (AvgIpc) is 2.46. The summed E-state index contributed by atoms with van der Waals surface area (Å²) >= 11 is 5.81. The zero-order chi connectivity index (χ0) is 13.8. The van der Waals surface area contributed by atoms with Gasteiger partial charge in [-0.05, 0) is 6.07 Å². The minimum Gasteiger partial charge on any atom is -0.377 e. The highest BCUT2D eigenvalue weighted by molar-refractivity contribution is 6.18. The molecule has 0 bridgehead atoms. The molecule has 1 atom stereocenters. The summed E-state index contributed by atoms with van der Waals surface area (Å²) in [6.07, 6.45) is 0. The molecule has 0 spiro atoms. The van der Waals surface area contributed by atoms with Crippen molar-refractivity contribution >= 4 is 23.2 Å². The topological polar surface area (TPSA) is 72.7 Å². The van der Waals surface area contributed by atoms with Gasteiger partial charge in [0.15, 0.2) is 0 Å². The Labute approximate surface area is 115 Å². The van der Waals surface area contributed by atoms with E-state index in [0.717, 1.165) is 0 Å². The molecule has 1 aromatic carbocycles. The molecule has 0 aliphatic carbocycles. The summed E-state index contributed by atoms with van der Waals surface area (Å²) in [5.74, 6) is 0.0263. The zero-order valence-electron chi connectivity index (χ0n) is 10.1. The van der Waals surface area contributed by atoms with Gasteiger partial charge in [0.1, 0.15) is 0 Å². The van der Waals surface area contributed by atoms with Crippen LogP contribution >= 0.6 is 11.6 Å². The number of morpholine rings is 1. The second kappa shape index (κ2) is 5.99. The van der Waals surface area contributed by atoms with E-state index in [9.17, 15) is 14.9 Å². The number of alkyl halides is 1. The number of hydrogen-bond acceptors (Lipinski definition) is 4. The molecule has 1 amide bonds. The standard InChI is InChI=1S/C12H13ClN2O4/c13-7-11-8-19-5-4-14(11)12(16)9-2-1-3-10(6-9)15(17)18/h1-3,6,11H,4-5,7-8H2. The monoisotopic (exact) mass is 284 g/mol. The van der Waals surface area contributed by atoms with Gasteiger partial charge in [0.05, 0.1) is 24.2 Å². The summed E-state index contributed by atoms with van der Waals surface area (Å²) in [5.41, 5.74) is 0.202. The molecule has 1 unspecified atom stereocenters. The summed E-state index contributed by atoms with van der Waals surface area (Å²) < 4.78 is 5.26. The molecule has 1 aromatic rings. The third kappa shape index (κ3) is 3.02. The van der Waals surface area contributed by atoms with Gasteiger partial charge in [0.25, 0.3) is 11.6 Å². The van der Waals surface area contributed by atoms with Crippen LogP contribution in [0.2, 0.25) is 0 Å². The highest BCUT2D eigenvalue weighted by atomic mass is 35.5. The SMILES string of the molecule is O=C(c1cccc([N+](=O)[O-])c1)N1CCOCC1CCl. The van der Waals surface area contributed by atoms with Gasteiger partial charge < -0.3 is 9.64 Å². The number of non-ortho nitro benzene ring substituents is 1. The maximum atomic E-state index is 12.3. The first-order chi connectivity index (χ1) is 9.13. The van der Waals surface area contributed by atoms with Gasteiger partial charge in [-0.25, -0.2) is 0 Å². The first-order valence-electron chi connectivity index (χ1n) is 5.82. The molecule has 1 saturated heterocycles. The van der Waals surface area contributed by atoms with Gasteiger partial charge in [-0.15, -0.1) is 11.6 Å². The third-order valence-corrected chi connectivity index (χ3v) is 3.33. The van der Waals surface area contributed by atoms with Crippen molar-refractivity contribution in [2.45, 2.75) is 6.04 Å². The molecule has 0 aromatic heterocycles. The molecular formula is C12H13ClN2O4. The van der Waals surface area contributed by atoms with Crippen LogP contribution in [0.15, 0.2) is 24.3 Å². The van der Waals surface area contributed by atoms with E-state index < -0.39 is 4.92 Å². The number of hydrogen-bond donors (Lipinski definition) is 0. The third-order valence-electron chi connectivity index (χ3n) is 2.97. The van der Waals surface area contributed by atoms with E-state index in [-0.39, 0.29) is 23.5 Å². The Kier molecular flexibility index (Phi) is 4.34. The second-order valence-electron chi connectivity index (χ2n) is 4.19. The normalized spacial score (nSPS) is 19.2. The van der Waals surface area contributed by atoms with Crippen LogP contribution in [0.25, 0.3) is 0 Å². The van der Waals surface area contributed by atoms with Crippen LogP contribution in [0.1, 0.15) is 10.4 Å². The first-order valence-corrected chi connectivity index (χ1v) is 6.36. The minimum absolute atomic E-state index is 0.0958. The number of carbonyl (C=O) groups excluding carboxylic acids is 1. The van der Waals surface area contributed by atoms with Crippen LogP contribution in [0.3, 0.4) is 0 Å². The van der Waals surface area contributed by atoms with Gasteiger partial charge in [-0.3, -0.25) is 14.9 Å². The smallest absolute Gasteiger partial charge is 0.270 e. The van der Waals surface area contributed by atoms with Crippen LogP contribution < -0.4 is 0 Å². The van der Waals surface area contributed by atoms with Crippen molar-refractivity contribution in [3.05, 3.63) is 39.9 Å². The molecule has 1 aliphatic rings. The van der Waals surface area contributed by atoms with E-state index in [1.807, 2.05) is 0 Å². The molecular weight excluding hydrogens is 272 g/mol. The van der Waals surface area contributed by atoms with Crippen molar-refractivity contribution in [3.63, 3.8) is 0 Å². The lowest BCUT2D eigenvalue weighted by Crippen LogP contribution is -2.49. The van der Waals surface area contributed by atoms with Crippen LogP contribution in [-0.2, 0) is 4.74 Å². The number of benzene rings is 1. The number of carbonyl (C=O) groups is 1. The maximum absolute atomic E-state index is 12.3. The number of nitro benzene ring substituents is 1. The number of nitro groups is 1. The van der Waals surface area contributed by atoms with Crippen molar-refractivity contribution in [2.24, 2.45) is 0 Å². The van der Waals surface area contributed by atoms with Crippen LogP contribution in [0.4, 0.5) is 5.69 Å². The highest BCUT2D eigenvalue weighted by Crippen LogP contribution is 2.18. The molecule has 0 N–H and O–H groups in total. The summed E-state index contributed by atoms with van der Waals surface area (Å²) in [4.78, 5) is 24.1. The number of ether oxygens (including phenoxy) is 1. The van der Waals surface area contributed by atoms with Crippen LogP contribution in [0, 0.1) is 10.1 Å². The summed E-state index contributed by atoms with van der Waals surface area (Å²) in [5, 5.41) is 10.7. The van der Waals surface area contributed by atoms with E-state index >= 15 is 0 Å². The fourth-order valence-electron chi connectivity index (χ4n) is 1.97. The molecule has 19 heavy (non-hydrogen) atoms. The van der Waals surface area contributed by atoms with E-state index in [4.69, 9.17) is 16.3 Å². The van der Waals surface area contributed by atoms with Crippen LogP contribution in [-0.4, -0.2) is 47.4 Å². The Hall–Kier alpha value is -1.66. The molecule has 2 rings (SSSR count). The maximum Gasteiger partial charge on any atom is 0.270 e. The summed E-state index contributed by atoms with van der Waals surface area (Å²) in [7, 11) is 0. The van der Waals surface area contributed by atoms with Crippen molar-refractivity contribution in [3.8, 4) is 0 Å². The van der Waals surface area contributed by atoms with Crippen LogP contribution in [0.5, 0.6) is 0 Å². The number of halogens is 1. The molecule has 1 aliphatic heterocycles. The van der Waals surface area contributed by atoms with Gasteiger partial charge in [0, 0.05) is 30.1 Å². The molecule has 0 saturated carbocycles. The van der Waals surface area contributed by atoms with E-state index in [1.54, 1.807) is 11.0 Å². The van der Waals surface area contributed by atoms with E-state index in [0.29, 0.717) is 25.3 Å². The molecule has 1 fully saturated rings. The Morgan fingerprint density at radius 2 is 2.37 bits per heavy atom. The molecule has 0 radical (unpaired) electrons. The minimum atomic E-state index is -0.519. The Morgan fingerprint density at radius 3 is 3.05 bits per heavy atom. The molecule has 1 heterocycles. The summed E-state index contributed by atoms with van der Waals surface area (Å²) in [6, 6.07) is 5.51. The van der Waals surface area contributed by atoms with Gasteiger partial charge >= 0.3 is 0 Å². The van der Waals surface area contributed by atoms with Crippen molar-refractivity contribution in [2.75, 3.05) is 25.6 Å². The zero-order valence-corrected chi connectivity index (χ0v) is 10.9. The van der Waals surface area contributed by atoms with Crippen molar-refractivity contribution in [1.82, 2.24) is 4.90 Å². The quantitative estimate of drug-likeness (QED) is 0.481. The second-order valence-corrected chi connectivity index (χ2v) is 4.50. The highest BCUT2D eigenvalue weighted by Gasteiger charge is 2.28. The number of amides is 1. The molecule has 102 valence electrons. The number of rotatable bonds is 3. The summed E-state index contributed by atoms with van der Waals surface area (Å²) in [6.45, 7) is 1.29. The fourth-order valence-corrected chi connectivity index (χ4v) is 2.22. The van der Waals surface area contributed by atoms with Crippen molar-refractivity contribution in [1.29, 1.82) is 0 Å². The Morgan fingerprint density at radius 1 is 1.58 bits per heavy atom. The van der Waals surface area contributed by atoms with Gasteiger partial charge in [0.2, 0.25) is 0 Å². The van der Waals surface area contributed by atoms with Gasteiger partial charge in [-0.1, -0.05) is 6.07 Å². The van der Waals surface area contributed by atoms with E-state index in [1.165, 1.54) is 18.2 Å². The Balaban J connectivity index is 2.22. The lowest BCUT2D eigenvalue weighted by atomic mass is 10.1. The van der Waals surface area contributed by atoms with Gasteiger partial charge in [-0.2, -0.15) is 0 Å². The Bertz CT molecular complexity index is 494. The first kappa shape index (κ1) is 13.8. The van der Waals surface area contributed by atoms with Crippen molar-refractivity contribution < 1.29 is 14.5 Å². The molecule has 6 nitrogen and oxygen atoms in total. The van der Waals surface area contributed by atoms with E-state index in [2.05, 4.69) is 0 Å².